The highest BCUT2D eigenvalue weighted by Crippen LogP contribution is 2.76. The molecule has 2 bridgehead atoms. The first-order valence-electron chi connectivity index (χ1n) is 12.6. The van der Waals surface area contributed by atoms with Crippen molar-refractivity contribution in [2.75, 3.05) is 6.61 Å². The Morgan fingerprint density at radius 1 is 1.17 bits per heavy atom. The van der Waals surface area contributed by atoms with Crippen molar-refractivity contribution in [2.45, 2.75) is 88.7 Å². The average Bonchev–Trinajstić information content (AvgIpc) is 3.52. The van der Waals surface area contributed by atoms with Crippen LogP contribution in [0.5, 0.6) is 0 Å². The van der Waals surface area contributed by atoms with Crippen molar-refractivity contribution >= 4 is 5.65 Å². The average molecular weight is 482 g/mol. The summed E-state index contributed by atoms with van der Waals surface area (Å²) in [5, 5.41) is 9.31. The number of hydrogen-bond donors (Lipinski definition) is 0. The molecule has 4 heterocycles. The van der Waals surface area contributed by atoms with Crippen molar-refractivity contribution in [3.63, 3.8) is 0 Å². The SMILES string of the molecule is Cc1nc2c(C34CC(C(F)F)(C3)C4)cc([C@@H]3CCO[C@H](c4cnn(C5CC5)c4)C3)nn2c(=O)c1C. The minimum Gasteiger partial charge on any atom is -0.373 e. The first-order valence-corrected chi connectivity index (χ1v) is 12.6. The second-order valence-corrected chi connectivity index (χ2v) is 11.4. The lowest BCUT2D eigenvalue weighted by molar-refractivity contribution is -0.221. The van der Waals surface area contributed by atoms with Crippen LogP contribution >= 0.6 is 0 Å². The molecule has 4 aliphatic carbocycles. The fourth-order valence-corrected chi connectivity index (χ4v) is 6.65. The molecule has 0 unspecified atom stereocenters. The van der Waals surface area contributed by atoms with E-state index in [2.05, 4.69) is 17.4 Å². The smallest absolute Gasteiger partial charge is 0.277 e. The standard InChI is InChI=1S/C26H29F2N5O2/c1-14-15(2)30-22-19(25-11-26(12-25,13-25)24(27)28)8-20(31-33(22)23(14)34)16-5-6-35-21(7-16)17-9-29-32(10-17)18-3-4-18/h8-10,16,18,21,24H,3-7,11-13H2,1-2H3/t16-,21+,25?,26?/m1/s1. The third-order valence-electron chi connectivity index (χ3n) is 9.00. The van der Waals surface area contributed by atoms with Gasteiger partial charge in [0.25, 0.3) is 5.56 Å². The molecule has 35 heavy (non-hydrogen) atoms. The first-order chi connectivity index (χ1) is 16.8. The van der Waals surface area contributed by atoms with Crippen LogP contribution < -0.4 is 5.56 Å². The van der Waals surface area contributed by atoms with E-state index in [0.717, 1.165) is 29.7 Å². The molecule has 4 saturated carbocycles. The van der Waals surface area contributed by atoms with Gasteiger partial charge < -0.3 is 4.74 Å². The minimum absolute atomic E-state index is 0.0751. The second-order valence-electron chi connectivity index (χ2n) is 11.4. The van der Waals surface area contributed by atoms with Gasteiger partial charge in [-0.15, -0.1) is 0 Å². The van der Waals surface area contributed by atoms with E-state index in [1.165, 1.54) is 17.4 Å². The molecule has 8 rings (SSSR count). The van der Waals surface area contributed by atoms with Crippen LogP contribution in [0, 0.1) is 19.3 Å². The molecular formula is C26H29F2N5O2. The zero-order valence-electron chi connectivity index (χ0n) is 20.0. The number of rotatable bonds is 5. The molecule has 3 aromatic heterocycles. The Labute approximate surface area is 201 Å². The summed E-state index contributed by atoms with van der Waals surface area (Å²) in [6, 6.07) is 2.58. The lowest BCUT2D eigenvalue weighted by atomic mass is 9.33. The van der Waals surface area contributed by atoms with Crippen LogP contribution in [0.25, 0.3) is 5.65 Å². The van der Waals surface area contributed by atoms with E-state index in [-0.39, 0.29) is 23.0 Å². The van der Waals surface area contributed by atoms with Crippen molar-refractivity contribution in [3.05, 3.63) is 56.9 Å². The maximum absolute atomic E-state index is 13.6. The van der Waals surface area contributed by atoms with E-state index in [1.54, 1.807) is 6.92 Å². The van der Waals surface area contributed by atoms with Crippen LogP contribution in [0.2, 0.25) is 0 Å². The van der Waals surface area contributed by atoms with Gasteiger partial charge in [-0.2, -0.15) is 14.7 Å². The topological polar surface area (TPSA) is 74.3 Å². The lowest BCUT2D eigenvalue weighted by Gasteiger charge is -2.70. The van der Waals surface area contributed by atoms with Gasteiger partial charge in [0.05, 0.1) is 24.0 Å². The van der Waals surface area contributed by atoms with Crippen LogP contribution in [0.3, 0.4) is 0 Å². The predicted molar refractivity (Wildman–Crippen MR) is 124 cm³/mol. The molecule has 0 amide bonds. The summed E-state index contributed by atoms with van der Waals surface area (Å²) in [7, 11) is 0. The van der Waals surface area contributed by atoms with Gasteiger partial charge in [0.1, 0.15) is 0 Å². The van der Waals surface area contributed by atoms with Crippen molar-refractivity contribution < 1.29 is 13.5 Å². The molecule has 2 atom stereocenters. The molecule has 3 aromatic rings. The van der Waals surface area contributed by atoms with Gasteiger partial charge in [-0.1, -0.05) is 0 Å². The number of alkyl halides is 2. The van der Waals surface area contributed by atoms with Gasteiger partial charge in [-0.05, 0) is 64.9 Å². The Kier molecular flexibility index (Phi) is 4.43. The number of hydrogen-bond acceptors (Lipinski definition) is 5. The molecule has 1 aliphatic heterocycles. The van der Waals surface area contributed by atoms with Gasteiger partial charge in [-0.25, -0.2) is 13.8 Å². The van der Waals surface area contributed by atoms with Crippen LogP contribution in [0.15, 0.2) is 23.3 Å². The van der Waals surface area contributed by atoms with Gasteiger partial charge in [0.15, 0.2) is 5.65 Å². The number of halogens is 2. The second kappa shape index (κ2) is 7.18. The van der Waals surface area contributed by atoms with E-state index in [4.69, 9.17) is 14.8 Å². The molecule has 5 fully saturated rings. The summed E-state index contributed by atoms with van der Waals surface area (Å²) < 4.78 is 36.8. The molecule has 7 nitrogen and oxygen atoms in total. The number of aromatic nitrogens is 5. The molecule has 9 heteroatoms. The number of nitrogens with zero attached hydrogens (tertiary/aromatic N) is 5. The molecule has 0 spiro atoms. The van der Waals surface area contributed by atoms with Crippen molar-refractivity contribution in [2.24, 2.45) is 5.41 Å². The van der Waals surface area contributed by atoms with Crippen LogP contribution in [-0.2, 0) is 10.2 Å². The van der Waals surface area contributed by atoms with E-state index in [9.17, 15) is 13.6 Å². The predicted octanol–water partition coefficient (Wildman–Crippen LogP) is 4.56. The molecule has 1 saturated heterocycles. The van der Waals surface area contributed by atoms with Crippen LogP contribution in [0.1, 0.15) is 91.1 Å². The number of aryl methyl sites for hydroxylation is 1. The summed E-state index contributed by atoms with van der Waals surface area (Å²) in [6.45, 7) is 4.18. The van der Waals surface area contributed by atoms with E-state index < -0.39 is 11.8 Å². The Hall–Kier alpha value is -2.68. The Balaban J connectivity index is 1.27. The highest BCUT2D eigenvalue weighted by molar-refractivity contribution is 5.57. The zero-order chi connectivity index (χ0) is 24.1. The van der Waals surface area contributed by atoms with Gasteiger partial charge in [0.2, 0.25) is 6.43 Å². The fourth-order valence-electron chi connectivity index (χ4n) is 6.65. The summed E-state index contributed by atoms with van der Waals surface area (Å²) in [6.07, 6.45) is 6.88. The fraction of sp³-hybridized carbons (Fsp3) is 0.615. The van der Waals surface area contributed by atoms with Crippen LogP contribution in [-0.4, -0.2) is 37.4 Å². The molecule has 5 aliphatic rings. The maximum atomic E-state index is 13.6. The third-order valence-corrected chi connectivity index (χ3v) is 9.00. The molecule has 0 N–H and O–H groups in total. The Morgan fingerprint density at radius 2 is 1.94 bits per heavy atom. The monoisotopic (exact) mass is 481 g/mol. The van der Waals surface area contributed by atoms with Crippen LogP contribution in [0.4, 0.5) is 8.78 Å². The van der Waals surface area contributed by atoms with Gasteiger partial charge in [-0.3, -0.25) is 9.48 Å². The molecule has 0 aromatic carbocycles. The van der Waals surface area contributed by atoms with Gasteiger partial charge in [0, 0.05) is 51.9 Å². The van der Waals surface area contributed by atoms with E-state index in [1.807, 2.05) is 17.8 Å². The quantitative estimate of drug-likeness (QED) is 0.534. The molecule has 184 valence electrons. The summed E-state index contributed by atoms with van der Waals surface area (Å²) in [4.78, 5) is 17.9. The summed E-state index contributed by atoms with van der Waals surface area (Å²) in [5.41, 5.74) is 3.22. The molecular weight excluding hydrogens is 452 g/mol. The summed E-state index contributed by atoms with van der Waals surface area (Å²) in [5.74, 6) is 0.103. The third kappa shape index (κ3) is 3.09. The lowest BCUT2D eigenvalue weighted by Crippen LogP contribution is -2.67. The van der Waals surface area contributed by atoms with Crippen molar-refractivity contribution in [1.82, 2.24) is 24.4 Å². The first kappa shape index (κ1) is 21.6. The Morgan fingerprint density at radius 3 is 2.66 bits per heavy atom. The van der Waals surface area contributed by atoms with Gasteiger partial charge >= 0.3 is 0 Å². The number of fused-ring (bicyclic) bond motifs is 1. The summed E-state index contributed by atoms with van der Waals surface area (Å²) >= 11 is 0. The number of ether oxygens (including phenoxy) is 1. The maximum Gasteiger partial charge on any atom is 0.277 e. The van der Waals surface area contributed by atoms with Crippen molar-refractivity contribution in [3.8, 4) is 0 Å². The largest absolute Gasteiger partial charge is 0.373 e. The van der Waals surface area contributed by atoms with E-state index in [0.29, 0.717) is 48.8 Å². The highest BCUT2D eigenvalue weighted by atomic mass is 19.3. The zero-order valence-corrected chi connectivity index (χ0v) is 20.0. The van der Waals surface area contributed by atoms with Crippen molar-refractivity contribution in [1.29, 1.82) is 0 Å². The molecule has 0 radical (unpaired) electrons. The van der Waals surface area contributed by atoms with E-state index >= 15 is 0 Å². The Bertz CT molecular complexity index is 1390. The normalized spacial score (nSPS) is 32.0. The highest BCUT2D eigenvalue weighted by Gasteiger charge is 2.73. The minimum atomic E-state index is -2.30.